The van der Waals surface area contributed by atoms with Crippen molar-refractivity contribution < 1.29 is 28.6 Å². The maximum absolute atomic E-state index is 12.9. The van der Waals surface area contributed by atoms with Crippen LogP contribution in [0.3, 0.4) is 0 Å². The van der Waals surface area contributed by atoms with Crippen molar-refractivity contribution in [3.05, 3.63) is 122 Å². The van der Waals surface area contributed by atoms with Gasteiger partial charge in [-0.2, -0.15) is 0 Å². The summed E-state index contributed by atoms with van der Waals surface area (Å²) in [6, 6.07) is 0. The van der Waals surface area contributed by atoms with E-state index in [0.29, 0.717) is 19.3 Å². The van der Waals surface area contributed by atoms with Crippen molar-refractivity contribution in [3.63, 3.8) is 0 Å². The summed E-state index contributed by atoms with van der Waals surface area (Å²) in [5.41, 5.74) is 0. The van der Waals surface area contributed by atoms with Crippen LogP contribution in [0.1, 0.15) is 329 Å². The van der Waals surface area contributed by atoms with Crippen molar-refractivity contribution in [3.8, 4) is 0 Å². The number of rotatable bonds is 63. The van der Waals surface area contributed by atoms with Crippen molar-refractivity contribution in [2.45, 2.75) is 335 Å². The van der Waals surface area contributed by atoms with E-state index in [9.17, 15) is 14.4 Å². The largest absolute Gasteiger partial charge is 0.462 e. The number of allylic oxidation sites excluding steroid dienone is 20. The van der Waals surface area contributed by atoms with E-state index in [2.05, 4.69) is 142 Å². The van der Waals surface area contributed by atoms with Crippen LogP contribution in [-0.4, -0.2) is 37.2 Å². The molecule has 0 heterocycles. The Morgan fingerprint density at radius 3 is 0.735 bits per heavy atom. The maximum atomic E-state index is 12.9. The molecule has 0 aliphatic rings. The highest BCUT2D eigenvalue weighted by atomic mass is 16.6. The molecule has 0 bridgehead atoms. The Kier molecular flexibility index (Phi) is 66.7. The van der Waals surface area contributed by atoms with Gasteiger partial charge in [-0.1, -0.05) is 322 Å². The molecule has 0 amide bonds. The predicted molar refractivity (Wildman–Crippen MR) is 362 cm³/mol. The SMILES string of the molecule is CC/C=C\C/C=C\C/C=C\C/C=C\C/C=C\C/C=C\CCCCCCCCCCCCCCCCC(=O)OCC(COC(=O)CCCCCCCCCCCCCCC)OC(=O)CCCCCCCC/C=C\C/C=C\C/C=C\C/C=C\CC. The van der Waals surface area contributed by atoms with E-state index >= 15 is 0 Å². The van der Waals surface area contributed by atoms with Crippen molar-refractivity contribution in [2.75, 3.05) is 13.2 Å². The molecule has 1 atom stereocenters. The monoisotopic (exact) mass is 1150 g/mol. The third-order valence-corrected chi connectivity index (χ3v) is 15.0. The van der Waals surface area contributed by atoms with Gasteiger partial charge < -0.3 is 14.2 Å². The minimum atomic E-state index is -0.787. The first kappa shape index (κ1) is 78.8. The summed E-state index contributed by atoms with van der Waals surface area (Å²) in [4.78, 5) is 38.4. The van der Waals surface area contributed by atoms with E-state index in [1.165, 1.54) is 154 Å². The van der Waals surface area contributed by atoms with E-state index in [4.69, 9.17) is 14.2 Å². The first-order valence-electron chi connectivity index (χ1n) is 35.0. The van der Waals surface area contributed by atoms with Gasteiger partial charge in [0, 0.05) is 19.3 Å². The molecule has 0 aliphatic carbocycles. The Balaban J connectivity index is 4.24. The van der Waals surface area contributed by atoms with Crippen LogP contribution in [0.5, 0.6) is 0 Å². The molecule has 0 saturated heterocycles. The lowest BCUT2D eigenvalue weighted by Crippen LogP contribution is -2.30. The lowest BCUT2D eigenvalue weighted by molar-refractivity contribution is -0.167. The first-order chi connectivity index (χ1) is 41.0. The lowest BCUT2D eigenvalue weighted by Gasteiger charge is -2.18. The molecule has 0 fully saturated rings. The lowest BCUT2D eigenvalue weighted by atomic mass is 10.0. The highest BCUT2D eigenvalue weighted by Crippen LogP contribution is 2.17. The van der Waals surface area contributed by atoms with Crippen LogP contribution in [0.4, 0.5) is 0 Å². The number of hydrogen-bond donors (Lipinski definition) is 0. The molecule has 0 rings (SSSR count). The van der Waals surface area contributed by atoms with Crippen LogP contribution in [0.15, 0.2) is 122 Å². The average molecular weight is 1150 g/mol. The molecule has 0 aromatic rings. The van der Waals surface area contributed by atoms with Gasteiger partial charge in [-0.3, -0.25) is 14.4 Å². The Hall–Kier alpha value is -4.19. The number of esters is 3. The van der Waals surface area contributed by atoms with Gasteiger partial charge in [-0.25, -0.2) is 0 Å². The predicted octanol–water partition coefficient (Wildman–Crippen LogP) is 24.3. The van der Waals surface area contributed by atoms with E-state index in [1.807, 2.05) is 0 Å². The quantitative estimate of drug-likeness (QED) is 0.0261. The topological polar surface area (TPSA) is 78.9 Å². The zero-order valence-corrected chi connectivity index (χ0v) is 54.4. The van der Waals surface area contributed by atoms with E-state index in [0.717, 1.165) is 135 Å². The summed E-state index contributed by atoms with van der Waals surface area (Å²) < 4.78 is 17.0. The Bertz CT molecular complexity index is 1700. The smallest absolute Gasteiger partial charge is 0.306 e. The summed E-state index contributed by atoms with van der Waals surface area (Å²) in [5.74, 6) is -0.884. The fraction of sp³-hybridized carbons (Fsp3) is 0.701. The van der Waals surface area contributed by atoms with Crippen molar-refractivity contribution in [1.29, 1.82) is 0 Å². The summed E-state index contributed by atoms with van der Waals surface area (Å²) in [6.07, 6.45) is 97.9. The summed E-state index contributed by atoms with van der Waals surface area (Å²) in [7, 11) is 0. The van der Waals surface area contributed by atoms with E-state index in [-0.39, 0.29) is 31.1 Å². The van der Waals surface area contributed by atoms with Gasteiger partial charge in [0.2, 0.25) is 0 Å². The third-order valence-electron chi connectivity index (χ3n) is 15.0. The molecule has 0 aromatic heterocycles. The zero-order valence-electron chi connectivity index (χ0n) is 54.4. The molecule has 474 valence electrons. The van der Waals surface area contributed by atoms with Crippen molar-refractivity contribution >= 4 is 17.9 Å². The third kappa shape index (κ3) is 68.5. The molecule has 0 radical (unpaired) electrons. The summed E-state index contributed by atoms with van der Waals surface area (Å²) >= 11 is 0. The molecular weight excluding hydrogens is 1020 g/mol. The molecule has 0 spiro atoms. The average Bonchev–Trinajstić information content (AvgIpc) is 3.49. The van der Waals surface area contributed by atoms with Gasteiger partial charge in [0.05, 0.1) is 0 Å². The van der Waals surface area contributed by atoms with Gasteiger partial charge in [0.15, 0.2) is 6.10 Å². The van der Waals surface area contributed by atoms with Crippen LogP contribution >= 0.6 is 0 Å². The van der Waals surface area contributed by atoms with Crippen LogP contribution in [0, 0.1) is 0 Å². The second-order valence-electron chi connectivity index (χ2n) is 23.0. The minimum Gasteiger partial charge on any atom is -0.462 e. The second kappa shape index (κ2) is 70.3. The number of ether oxygens (including phenoxy) is 3. The number of hydrogen-bond acceptors (Lipinski definition) is 6. The summed E-state index contributed by atoms with van der Waals surface area (Å²) in [5, 5.41) is 0. The van der Waals surface area contributed by atoms with Crippen LogP contribution in [0.2, 0.25) is 0 Å². The van der Waals surface area contributed by atoms with Crippen LogP contribution < -0.4 is 0 Å². The molecular formula is C77H130O6. The number of carbonyl (C=O) groups excluding carboxylic acids is 3. The Labute approximate surface area is 513 Å². The van der Waals surface area contributed by atoms with Crippen molar-refractivity contribution in [1.82, 2.24) is 0 Å². The molecule has 0 saturated carbocycles. The number of unbranched alkanes of at least 4 members (excludes halogenated alkanes) is 32. The fourth-order valence-electron chi connectivity index (χ4n) is 9.79. The Morgan fingerprint density at radius 2 is 0.470 bits per heavy atom. The minimum absolute atomic E-state index is 0.0815. The van der Waals surface area contributed by atoms with Crippen molar-refractivity contribution in [2.24, 2.45) is 0 Å². The first-order valence-corrected chi connectivity index (χ1v) is 35.0. The van der Waals surface area contributed by atoms with E-state index < -0.39 is 6.10 Å². The molecule has 0 N–H and O–H groups in total. The van der Waals surface area contributed by atoms with E-state index in [1.54, 1.807) is 0 Å². The molecule has 1 unspecified atom stereocenters. The second-order valence-corrected chi connectivity index (χ2v) is 23.0. The van der Waals surface area contributed by atoms with Gasteiger partial charge in [0.25, 0.3) is 0 Å². The molecule has 83 heavy (non-hydrogen) atoms. The normalized spacial score (nSPS) is 12.9. The zero-order chi connectivity index (χ0) is 59.9. The Morgan fingerprint density at radius 1 is 0.253 bits per heavy atom. The highest BCUT2D eigenvalue weighted by molar-refractivity contribution is 5.71. The van der Waals surface area contributed by atoms with Gasteiger partial charge in [-0.15, -0.1) is 0 Å². The molecule has 6 nitrogen and oxygen atoms in total. The van der Waals surface area contributed by atoms with Crippen LogP contribution in [0.25, 0.3) is 0 Å². The standard InChI is InChI=1S/C77H130O6/c1-4-7-10-13-16-19-22-25-27-29-31-32-33-34-35-36-37-38-39-40-41-42-43-44-46-47-49-52-55-58-61-64-67-70-76(79)82-73-74(72-81-75(78)69-66-63-60-57-54-51-24-21-18-15-12-9-6-3)83-77(80)71-68-65-62-59-56-53-50-48-45-30-28-26-23-20-17-14-11-8-5-2/h7-8,10-11,16-17,19-20,25-28,31-32,34-35,37-38,45,48,74H,4-6,9,12-15,18,21-24,29-30,33,36,39-44,46-47,49-73H2,1-3H3/b10-7-,11-8-,19-16-,20-17-,27-25-,28-26-,32-31-,35-34-,38-37-,48-45-. The summed E-state index contributed by atoms with van der Waals surface area (Å²) in [6.45, 7) is 6.43. The van der Waals surface area contributed by atoms with Crippen LogP contribution in [-0.2, 0) is 28.6 Å². The molecule has 0 aromatic carbocycles. The van der Waals surface area contributed by atoms with Gasteiger partial charge >= 0.3 is 17.9 Å². The number of carbonyl (C=O) groups is 3. The highest BCUT2D eigenvalue weighted by Gasteiger charge is 2.19. The maximum Gasteiger partial charge on any atom is 0.306 e. The molecule has 0 aliphatic heterocycles. The fourth-order valence-corrected chi connectivity index (χ4v) is 9.79. The molecule has 6 heteroatoms. The van der Waals surface area contributed by atoms with Gasteiger partial charge in [0.1, 0.15) is 13.2 Å². The van der Waals surface area contributed by atoms with Gasteiger partial charge in [-0.05, 0) is 109 Å².